The SMILES string of the molecule is COc1cccc(Cn2nnc3c(=O)n(CC(=O)NCc4ccc(C)cc4)cnc32)c1. The van der Waals surface area contributed by atoms with Gasteiger partial charge >= 0.3 is 0 Å². The van der Waals surface area contributed by atoms with E-state index in [1.807, 2.05) is 55.5 Å². The van der Waals surface area contributed by atoms with Crippen molar-refractivity contribution in [2.24, 2.45) is 0 Å². The maximum Gasteiger partial charge on any atom is 0.283 e. The lowest BCUT2D eigenvalue weighted by atomic mass is 10.1. The predicted octanol–water partition coefficient (Wildman–Crippen LogP) is 1.67. The Kier molecular flexibility index (Phi) is 5.74. The third kappa shape index (κ3) is 4.61. The van der Waals surface area contributed by atoms with E-state index in [2.05, 4.69) is 20.6 Å². The van der Waals surface area contributed by atoms with Crippen LogP contribution in [0.5, 0.6) is 5.75 Å². The summed E-state index contributed by atoms with van der Waals surface area (Å²) in [6.45, 7) is 2.64. The molecule has 0 saturated carbocycles. The van der Waals surface area contributed by atoms with Crippen LogP contribution in [0.1, 0.15) is 16.7 Å². The molecule has 1 amide bonds. The molecule has 0 aliphatic rings. The molecule has 0 atom stereocenters. The van der Waals surface area contributed by atoms with Crippen LogP contribution in [0.2, 0.25) is 0 Å². The minimum absolute atomic E-state index is 0.122. The molecule has 9 nitrogen and oxygen atoms in total. The first-order valence-electron chi connectivity index (χ1n) is 9.77. The number of benzene rings is 2. The molecule has 4 aromatic rings. The first-order chi connectivity index (χ1) is 15.0. The molecule has 1 N–H and O–H groups in total. The Morgan fingerprint density at radius 1 is 1.13 bits per heavy atom. The second-order valence-corrected chi connectivity index (χ2v) is 7.21. The zero-order valence-electron chi connectivity index (χ0n) is 17.3. The zero-order chi connectivity index (χ0) is 21.8. The van der Waals surface area contributed by atoms with Crippen molar-refractivity contribution in [1.29, 1.82) is 0 Å². The van der Waals surface area contributed by atoms with Crippen LogP contribution in [0.4, 0.5) is 0 Å². The molecule has 0 spiro atoms. The number of rotatable bonds is 7. The summed E-state index contributed by atoms with van der Waals surface area (Å²) in [5.74, 6) is 0.446. The normalized spacial score (nSPS) is 10.9. The molecule has 0 fully saturated rings. The topological polar surface area (TPSA) is 104 Å². The summed E-state index contributed by atoms with van der Waals surface area (Å²) >= 11 is 0. The van der Waals surface area contributed by atoms with Gasteiger partial charge in [-0.2, -0.15) is 0 Å². The number of nitrogens with one attached hydrogen (secondary N) is 1. The maximum atomic E-state index is 12.7. The molecule has 0 saturated heterocycles. The molecule has 2 aromatic heterocycles. The highest BCUT2D eigenvalue weighted by atomic mass is 16.5. The van der Waals surface area contributed by atoms with Gasteiger partial charge in [0, 0.05) is 6.54 Å². The minimum atomic E-state index is -0.410. The van der Waals surface area contributed by atoms with Gasteiger partial charge in [0.15, 0.2) is 11.2 Å². The largest absolute Gasteiger partial charge is 0.497 e. The average Bonchev–Trinajstić information content (AvgIpc) is 3.19. The van der Waals surface area contributed by atoms with Crippen molar-refractivity contribution < 1.29 is 9.53 Å². The molecular weight excluding hydrogens is 396 g/mol. The second kappa shape index (κ2) is 8.78. The van der Waals surface area contributed by atoms with Crippen LogP contribution in [0, 0.1) is 6.92 Å². The molecule has 2 heterocycles. The van der Waals surface area contributed by atoms with E-state index >= 15 is 0 Å². The highest BCUT2D eigenvalue weighted by Crippen LogP contribution is 2.14. The molecule has 0 aliphatic carbocycles. The van der Waals surface area contributed by atoms with Crippen molar-refractivity contribution in [3.8, 4) is 5.75 Å². The summed E-state index contributed by atoms with van der Waals surface area (Å²) in [6, 6.07) is 15.4. The number of hydrogen-bond donors (Lipinski definition) is 1. The van der Waals surface area contributed by atoms with Crippen LogP contribution in [0.15, 0.2) is 59.7 Å². The van der Waals surface area contributed by atoms with Gasteiger partial charge in [0.2, 0.25) is 5.91 Å². The highest BCUT2D eigenvalue weighted by Gasteiger charge is 2.14. The molecule has 158 valence electrons. The Hall–Kier alpha value is -4.01. The van der Waals surface area contributed by atoms with Gasteiger partial charge in [0.1, 0.15) is 18.6 Å². The molecule has 4 rings (SSSR count). The number of aryl methyl sites for hydroxylation is 1. The lowest BCUT2D eigenvalue weighted by Crippen LogP contribution is -2.32. The van der Waals surface area contributed by atoms with Crippen LogP contribution in [-0.4, -0.2) is 37.6 Å². The van der Waals surface area contributed by atoms with Gasteiger partial charge in [-0.25, -0.2) is 9.67 Å². The number of ether oxygens (including phenoxy) is 1. The number of carbonyl (C=O) groups excluding carboxylic acids is 1. The number of amides is 1. The van der Waals surface area contributed by atoms with Crippen LogP contribution in [0.25, 0.3) is 11.2 Å². The maximum absolute atomic E-state index is 12.7. The third-order valence-corrected chi connectivity index (χ3v) is 4.88. The Morgan fingerprint density at radius 3 is 2.71 bits per heavy atom. The van der Waals surface area contributed by atoms with Crippen LogP contribution < -0.4 is 15.6 Å². The Balaban J connectivity index is 1.47. The predicted molar refractivity (Wildman–Crippen MR) is 115 cm³/mol. The first kappa shape index (κ1) is 20.3. The molecular formula is C22H22N6O3. The molecule has 0 aliphatic heterocycles. The van der Waals surface area contributed by atoms with Gasteiger partial charge in [0.25, 0.3) is 5.56 Å². The van der Waals surface area contributed by atoms with Crippen LogP contribution in [0.3, 0.4) is 0 Å². The van der Waals surface area contributed by atoms with Gasteiger partial charge in [0.05, 0.1) is 13.7 Å². The lowest BCUT2D eigenvalue weighted by molar-refractivity contribution is -0.121. The first-order valence-corrected chi connectivity index (χ1v) is 9.77. The quantitative estimate of drug-likeness (QED) is 0.490. The highest BCUT2D eigenvalue weighted by molar-refractivity contribution is 5.76. The van der Waals surface area contributed by atoms with Crippen LogP contribution in [-0.2, 0) is 24.4 Å². The summed E-state index contributed by atoms with van der Waals surface area (Å²) < 4.78 is 8.02. The van der Waals surface area contributed by atoms with Crippen molar-refractivity contribution in [1.82, 2.24) is 29.9 Å². The summed E-state index contributed by atoms with van der Waals surface area (Å²) in [7, 11) is 1.60. The summed E-state index contributed by atoms with van der Waals surface area (Å²) in [5.41, 5.74) is 3.15. The number of aromatic nitrogens is 5. The summed E-state index contributed by atoms with van der Waals surface area (Å²) in [5, 5.41) is 10.9. The Bertz CT molecular complexity index is 1280. The van der Waals surface area contributed by atoms with Crippen molar-refractivity contribution in [2.45, 2.75) is 26.6 Å². The Labute approximate surface area is 178 Å². The van der Waals surface area contributed by atoms with Crippen molar-refractivity contribution >= 4 is 17.1 Å². The van der Waals surface area contributed by atoms with E-state index < -0.39 is 5.56 Å². The van der Waals surface area contributed by atoms with Gasteiger partial charge < -0.3 is 10.1 Å². The van der Waals surface area contributed by atoms with Gasteiger partial charge in [-0.3, -0.25) is 14.2 Å². The third-order valence-electron chi connectivity index (χ3n) is 4.88. The number of nitrogens with zero attached hydrogens (tertiary/aromatic N) is 5. The molecule has 0 radical (unpaired) electrons. The van der Waals surface area contributed by atoms with Crippen molar-refractivity contribution in [3.63, 3.8) is 0 Å². The molecule has 2 aromatic carbocycles. The van der Waals surface area contributed by atoms with E-state index in [0.29, 0.717) is 18.7 Å². The average molecular weight is 418 g/mol. The van der Waals surface area contributed by atoms with E-state index in [1.165, 1.54) is 10.9 Å². The van der Waals surface area contributed by atoms with Gasteiger partial charge in [-0.15, -0.1) is 5.10 Å². The van der Waals surface area contributed by atoms with Gasteiger partial charge in [-0.1, -0.05) is 47.2 Å². The number of methoxy groups -OCH3 is 1. The van der Waals surface area contributed by atoms with E-state index in [0.717, 1.165) is 22.4 Å². The van der Waals surface area contributed by atoms with Crippen LogP contribution >= 0.6 is 0 Å². The zero-order valence-corrected chi connectivity index (χ0v) is 17.3. The van der Waals surface area contributed by atoms with E-state index in [4.69, 9.17) is 4.74 Å². The number of hydrogen-bond acceptors (Lipinski definition) is 6. The minimum Gasteiger partial charge on any atom is -0.497 e. The standard InChI is InChI=1S/C22H22N6O3/c1-15-6-8-16(9-7-15)11-23-19(29)13-27-14-24-21-20(22(27)30)25-26-28(21)12-17-4-3-5-18(10-17)31-2/h3-10,14H,11-13H2,1-2H3,(H,23,29). The van der Waals surface area contributed by atoms with Crippen molar-refractivity contribution in [3.05, 3.63) is 81.9 Å². The Morgan fingerprint density at radius 2 is 1.94 bits per heavy atom. The summed E-state index contributed by atoms with van der Waals surface area (Å²) in [6.07, 6.45) is 1.35. The smallest absolute Gasteiger partial charge is 0.283 e. The number of carbonyl (C=O) groups is 1. The van der Waals surface area contributed by atoms with E-state index in [1.54, 1.807) is 11.8 Å². The lowest BCUT2D eigenvalue weighted by Gasteiger charge is -2.08. The summed E-state index contributed by atoms with van der Waals surface area (Å²) in [4.78, 5) is 29.4. The fraction of sp³-hybridized carbons (Fsp3) is 0.227. The molecule has 9 heteroatoms. The monoisotopic (exact) mass is 418 g/mol. The molecule has 31 heavy (non-hydrogen) atoms. The fourth-order valence-electron chi connectivity index (χ4n) is 3.17. The number of fused-ring (bicyclic) bond motifs is 1. The van der Waals surface area contributed by atoms with E-state index in [-0.39, 0.29) is 18.0 Å². The van der Waals surface area contributed by atoms with Gasteiger partial charge in [-0.05, 0) is 30.2 Å². The molecule has 0 unspecified atom stereocenters. The second-order valence-electron chi connectivity index (χ2n) is 7.21. The molecule has 0 bridgehead atoms. The van der Waals surface area contributed by atoms with Crippen molar-refractivity contribution in [2.75, 3.05) is 7.11 Å². The van der Waals surface area contributed by atoms with E-state index in [9.17, 15) is 9.59 Å². The fourth-order valence-corrected chi connectivity index (χ4v) is 3.17.